The highest BCUT2D eigenvalue weighted by atomic mass is 35.5. The van der Waals surface area contributed by atoms with Gasteiger partial charge in [-0.15, -0.1) is 0 Å². The van der Waals surface area contributed by atoms with E-state index in [1.54, 1.807) is 31.4 Å². The van der Waals surface area contributed by atoms with Crippen molar-refractivity contribution < 1.29 is 9.66 Å². The Kier molecular flexibility index (Phi) is 4.58. The second-order valence-electron chi connectivity index (χ2n) is 6.06. The Morgan fingerprint density at radius 3 is 2.54 bits per heavy atom. The lowest BCUT2D eigenvalue weighted by Crippen LogP contribution is -2.10. The lowest BCUT2D eigenvalue weighted by molar-refractivity contribution is -0.384. The summed E-state index contributed by atoms with van der Waals surface area (Å²) in [5.74, 6) is 0.584. The molecule has 0 aliphatic heterocycles. The molecule has 3 aromatic carbocycles. The first-order chi connectivity index (χ1) is 13.6. The summed E-state index contributed by atoms with van der Waals surface area (Å²) in [7, 11) is 1.56. The predicted molar refractivity (Wildman–Crippen MR) is 111 cm³/mol. The van der Waals surface area contributed by atoms with Crippen LogP contribution in [0.25, 0.3) is 21.8 Å². The van der Waals surface area contributed by atoms with Crippen LogP contribution in [0.4, 0.5) is 17.1 Å². The molecule has 0 saturated carbocycles. The van der Waals surface area contributed by atoms with Crippen LogP contribution in [0.15, 0.2) is 60.7 Å². The molecule has 4 rings (SSSR count). The summed E-state index contributed by atoms with van der Waals surface area (Å²) in [6.07, 6.45) is 0. The number of halogens is 1. The van der Waals surface area contributed by atoms with Gasteiger partial charge >= 0.3 is 0 Å². The van der Waals surface area contributed by atoms with Crippen LogP contribution in [0.5, 0.6) is 5.75 Å². The van der Waals surface area contributed by atoms with Gasteiger partial charge in [-0.05, 0) is 36.4 Å². The van der Waals surface area contributed by atoms with Crippen LogP contribution in [-0.4, -0.2) is 17.0 Å². The van der Waals surface area contributed by atoms with E-state index in [-0.39, 0.29) is 5.69 Å². The third kappa shape index (κ3) is 3.23. The van der Waals surface area contributed by atoms with Crippen molar-refractivity contribution in [3.05, 3.63) is 75.8 Å². The van der Waals surface area contributed by atoms with E-state index >= 15 is 0 Å². The summed E-state index contributed by atoms with van der Waals surface area (Å²) in [4.78, 5) is 15.3. The summed E-state index contributed by atoms with van der Waals surface area (Å²) in [5.41, 5.74) is 8.98. The smallest absolute Gasteiger partial charge is 0.271 e. The largest absolute Gasteiger partial charge is 0.494 e. The topological polar surface area (TPSA) is 89.3 Å². The molecule has 8 heteroatoms. The zero-order valence-corrected chi connectivity index (χ0v) is 15.5. The fourth-order valence-corrected chi connectivity index (χ4v) is 3.14. The van der Waals surface area contributed by atoms with Crippen molar-refractivity contribution in [1.82, 2.24) is 4.98 Å². The summed E-state index contributed by atoms with van der Waals surface area (Å²) in [6.45, 7) is 0. The standard InChI is InChI=1S/C20H15ClN4O3/c1-28-18-4-2-3-16-19(24-23-13-7-5-12(21)6-8-13)15-10-9-14(25(26)27)11-17(15)22-20(16)18/h2-11,23H,1H3,(H,22,24). The Bertz CT molecular complexity index is 1200. The fourth-order valence-electron chi connectivity index (χ4n) is 3.01. The van der Waals surface area contributed by atoms with Crippen LogP contribution < -0.4 is 15.6 Å². The first-order valence-corrected chi connectivity index (χ1v) is 8.77. The number of anilines is 2. The molecule has 28 heavy (non-hydrogen) atoms. The van der Waals surface area contributed by atoms with Crippen molar-refractivity contribution in [1.29, 1.82) is 0 Å². The van der Waals surface area contributed by atoms with E-state index in [2.05, 4.69) is 15.8 Å². The van der Waals surface area contributed by atoms with E-state index in [0.29, 0.717) is 21.8 Å². The predicted octanol–water partition coefficient (Wildman–Crippen LogP) is 5.40. The van der Waals surface area contributed by atoms with Crippen molar-refractivity contribution in [3.8, 4) is 5.75 Å². The number of nitrogens with zero attached hydrogens (tertiary/aromatic N) is 2. The Labute approximate surface area is 165 Å². The van der Waals surface area contributed by atoms with Gasteiger partial charge in [-0.1, -0.05) is 23.7 Å². The summed E-state index contributed by atoms with van der Waals surface area (Å²) in [6, 6.07) is 17.4. The molecule has 0 radical (unpaired) electrons. The highest BCUT2D eigenvalue weighted by Gasteiger charge is 2.15. The average molecular weight is 395 g/mol. The van der Waals surface area contributed by atoms with Gasteiger partial charge in [-0.2, -0.15) is 0 Å². The van der Waals surface area contributed by atoms with Crippen LogP contribution >= 0.6 is 11.6 Å². The molecule has 0 spiro atoms. The second-order valence-corrected chi connectivity index (χ2v) is 6.50. The van der Waals surface area contributed by atoms with E-state index in [0.717, 1.165) is 22.1 Å². The number of ether oxygens (including phenoxy) is 1. The lowest BCUT2D eigenvalue weighted by Gasteiger charge is -2.16. The van der Waals surface area contributed by atoms with Crippen LogP contribution in [0.3, 0.4) is 0 Å². The van der Waals surface area contributed by atoms with E-state index in [4.69, 9.17) is 16.3 Å². The first-order valence-electron chi connectivity index (χ1n) is 8.39. The zero-order valence-electron chi connectivity index (χ0n) is 14.8. The molecule has 0 aliphatic carbocycles. The highest BCUT2D eigenvalue weighted by molar-refractivity contribution is 6.30. The number of non-ortho nitro benzene ring substituents is 1. The maximum atomic E-state index is 11.2. The first kappa shape index (κ1) is 17.8. The summed E-state index contributed by atoms with van der Waals surface area (Å²) >= 11 is 5.93. The summed E-state index contributed by atoms with van der Waals surface area (Å²) in [5, 5.41) is 13.4. The molecule has 0 atom stereocenters. The number of hydrogen-bond donors (Lipinski definition) is 2. The van der Waals surface area contributed by atoms with Gasteiger partial charge in [0.1, 0.15) is 11.3 Å². The van der Waals surface area contributed by atoms with Crippen LogP contribution in [0, 0.1) is 10.1 Å². The van der Waals surface area contributed by atoms with Gasteiger partial charge in [-0.3, -0.25) is 15.5 Å². The third-order valence-corrected chi connectivity index (χ3v) is 4.61. The van der Waals surface area contributed by atoms with Crippen LogP contribution in [0.1, 0.15) is 0 Å². The average Bonchev–Trinajstić information content (AvgIpc) is 2.71. The number of hydrazine groups is 1. The molecule has 1 aromatic heterocycles. The van der Waals surface area contributed by atoms with Gasteiger partial charge in [0.25, 0.3) is 5.69 Å². The van der Waals surface area contributed by atoms with Crippen molar-refractivity contribution in [3.63, 3.8) is 0 Å². The second kappa shape index (κ2) is 7.21. The normalized spacial score (nSPS) is 10.8. The van der Waals surface area contributed by atoms with Gasteiger partial charge in [-0.25, -0.2) is 4.98 Å². The molecule has 7 nitrogen and oxygen atoms in total. The van der Waals surface area contributed by atoms with Gasteiger partial charge in [0.2, 0.25) is 0 Å². The van der Waals surface area contributed by atoms with Crippen molar-refractivity contribution in [2.75, 3.05) is 18.0 Å². The van der Waals surface area contributed by atoms with Gasteiger partial charge in [0.15, 0.2) is 0 Å². The number of fused-ring (bicyclic) bond motifs is 2. The highest BCUT2D eigenvalue weighted by Crippen LogP contribution is 2.36. The Balaban J connectivity index is 1.89. The van der Waals surface area contributed by atoms with Crippen molar-refractivity contribution >= 4 is 50.5 Å². The minimum absolute atomic E-state index is 0.0224. The maximum Gasteiger partial charge on any atom is 0.271 e. The van der Waals surface area contributed by atoms with Crippen molar-refractivity contribution in [2.24, 2.45) is 0 Å². The molecule has 4 aromatic rings. The number of methoxy groups -OCH3 is 1. The van der Waals surface area contributed by atoms with Gasteiger partial charge in [0.05, 0.1) is 28.9 Å². The Hall–Kier alpha value is -3.58. The fraction of sp³-hybridized carbons (Fsp3) is 0.0500. The van der Waals surface area contributed by atoms with Crippen LogP contribution in [0.2, 0.25) is 5.02 Å². The van der Waals surface area contributed by atoms with Gasteiger partial charge < -0.3 is 10.2 Å². The number of nitro groups is 1. The molecule has 0 bridgehead atoms. The number of nitro benzene ring substituents is 1. The number of aromatic nitrogens is 1. The monoisotopic (exact) mass is 394 g/mol. The molecule has 2 N–H and O–H groups in total. The minimum Gasteiger partial charge on any atom is -0.494 e. The maximum absolute atomic E-state index is 11.2. The molecule has 1 heterocycles. The Morgan fingerprint density at radius 1 is 1.04 bits per heavy atom. The molecule has 0 unspecified atom stereocenters. The molecular formula is C20H15ClN4O3. The molecule has 0 fully saturated rings. The number of hydrogen-bond acceptors (Lipinski definition) is 6. The third-order valence-electron chi connectivity index (χ3n) is 4.36. The SMILES string of the molecule is COc1cccc2c(NNc3ccc(Cl)cc3)c3ccc([N+](=O)[O-])cc3nc12. The number of pyridine rings is 1. The molecular weight excluding hydrogens is 380 g/mol. The van der Waals surface area contributed by atoms with E-state index in [9.17, 15) is 10.1 Å². The molecule has 0 amide bonds. The summed E-state index contributed by atoms with van der Waals surface area (Å²) < 4.78 is 5.43. The molecule has 0 aliphatic rings. The van der Waals surface area contributed by atoms with E-state index in [1.165, 1.54) is 12.1 Å². The van der Waals surface area contributed by atoms with Gasteiger partial charge in [0, 0.05) is 27.9 Å². The Morgan fingerprint density at radius 2 is 1.82 bits per heavy atom. The number of benzene rings is 3. The quantitative estimate of drug-likeness (QED) is 0.268. The number of nitrogens with one attached hydrogen (secondary N) is 2. The number of rotatable bonds is 5. The molecule has 0 saturated heterocycles. The van der Waals surface area contributed by atoms with E-state index < -0.39 is 4.92 Å². The number of para-hydroxylation sites is 1. The van der Waals surface area contributed by atoms with Crippen LogP contribution in [-0.2, 0) is 0 Å². The zero-order chi connectivity index (χ0) is 19.7. The lowest BCUT2D eigenvalue weighted by atomic mass is 10.1. The molecule has 140 valence electrons. The minimum atomic E-state index is -0.438. The van der Waals surface area contributed by atoms with Crippen molar-refractivity contribution in [2.45, 2.75) is 0 Å². The van der Waals surface area contributed by atoms with E-state index in [1.807, 2.05) is 24.3 Å².